The molecule has 0 saturated carbocycles. The maximum atomic E-state index is 12.8. The molecule has 0 fully saturated rings. The second-order valence-corrected chi connectivity index (χ2v) is 6.62. The van der Waals surface area contributed by atoms with Crippen molar-refractivity contribution in [2.75, 3.05) is 12.3 Å². The molecule has 1 aliphatic rings. The molecule has 5 nitrogen and oxygen atoms in total. The van der Waals surface area contributed by atoms with Gasteiger partial charge in [0.25, 0.3) is 5.91 Å². The van der Waals surface area contributed by atoms with Crippen LogP contribution in [0.4, 0.5) is 5.13 Å². The number of hydrogen-bond acceptors (Lipinski definition) is 4. The summed E-state index contributed by atoms with van der Waals surface area (Å²) in [6.45, 7) is 2.71. The molecule has 0 radical (unpaired) electrons. The zero-order valence-corrected chi connectivity index (χ0v) is 13.0. The normalized spacial score (nSPS) is 17.7. The van der Waals surface area contributed by atoms with Crippen molar-refractivity contribution in [3.05, 3.63) is 46.6 Å². The number of aromatic amines is 1. The van der Waals surface area contributed by atoms with Gasteiger partial charge in [0.2, 0.25) is 0 Å². The molecule has 6 heteroatoms. The van der Waals surface area contributed by atoms with Crippen molar-refractivity contribution in [2.24, 2.45) is 0 Å². The van der Waals surface area contributed by atoms with E-state index in [1.807, 2.05) is 42.2 Å². The highest BCUT2D eigenvalue weighted by Crippen LogP contribution is 2.35. The van der Waals surface area contributed by atoms with Crippen molar-refractivity contribution >= 4 is 33.3 Å². The van der Waals surface area contributed by atoms with Gasteiger partial charge in [0.15, 0.2) is 5.13 Å². The third-order valence-electron chi connectivity index (χ3n) is 4.20. The minimum atomic E-state index is 0.0115. The van der Waals surface area contributed by atoms with Crippen molar-refractivity contribution in [1.82, 2.24) is 14.9 Å². The molecule has 3 N–H and O–H groups in total. The Morgan fingerprint density at radius 2 is 2.27 bits per heavy atom. The molecule has 0 spiro atoms. The quantitative estimate of drug-likeness (QED) is 0.725. The van der Waals surface area contributed by atoms with E-state index >= 15 is 0 Å². The predicted molar refractivity (Wildman–Crippen MR) is 88.0 cm³/mol. The molecule has 3 aromatic rings. The standard InChI is InChI=1S/C16H16N4OS/c1-9-14-12(19-16(17)22-14)6-7-20(9)15(21)13-8-10-4-2-3-5-11(10)18-13/h2-5,8-9,18H,6-7H2,1H3,(H2,17,19). The number of H-pyrrole nitrogens is 1. The zero-order chi connectivity index (χ0) is 15.3. The first-order valence-electron chi connectivity index (χ1n) is 7.27. The Kier molecular flexibility index (Phi) is 2.94. The Labute approximate surface area is 131 Å². The topological polar surface area (TPSA) is 75.0 Å². The predicted octanol–water partition coefficient (Wildman–Crippen LogP) is 2.97. The van der Waals surface area contributed by atoms with E-state index in [4.69, 9.17) is 5.73 Å². The average Bonchev–Trinajstić information content (AvgIpc) is 3.10. The molecule has 2 aromatic heterocycles. The third kappa shape index (κ3) is 1.99. The molecule has 1 amide bonds. The maximum absolute atomic E-state index is 12.8. The Hall–Kier alpha value is -2.34. The lowest BCUT2D eigenvalue weighted by Gasteiger charge is -2.32. The van der Waals surface area contributed by atoms with E-state index in [0.29, 0.717) is 17.4 Å². The maximum Gasteiger partial charge on any atom is 0.270 e. The number of anilines is 1. The number of nitrogens with two attached hydrogens (primary N) is 1. The molecule has 4 rings (SSSR count). The summed E-state index contributed by atoms with van der Waals surface area (Å²) in [6.07, 6.45) is 0.763. The summed E-state index contributed by atoms with van der Waals surface area (Å²) >= 11 is 1.48. The summed E-state index contributed by atoms with van der Waals surface area (Å²) in [4.78, 5) is 23.4. The molecule has 0 aliphatic carbocycles. The van der Waals surface area contributed by atoms with Crippen molar-refractivity contribution in [3.63, 3.8) is 0 Å². The van der Waals surface area contributed by atoms with Gasteiger partial charge in [0.05, 0.1) is 16.6 Å². The summed E-state index contributed by atoms with van der Waals surface area (Å²) in [6, 6.07) is 9.85. The molecule has 112 valence electrons. The van der Waals surface area contributed by atoms with E-state index in [-0.39, 0.29) is 11.9 Å². The third-order valence-corrected chi connectivity index (χ3v) is 5.30. The van der Waals surface area contributed by atoms with E-state index < -0.39 is 0 Å². The van der Waals surface area contributed by atoms with E-state index in [1.165, 1.54) is 11.3 Å². The number of para-hydroxylation sites is 1. The molecule has 1 atom stereocenters. The molecule has 1 unspecified atom stereocenters. The highest BCUT2D eigenvalue weighted by Gasteiger charge is 2.31. The van der Waals surface area contributed by atoms with Gasteiger partial charge in [0, 0.05) is 23.9 Å². The van der Waals surface area contributed by atoms with Crippen molar-refractivity contribution in [2.45, 2.75) is 19.4 Å². The molecular weight excluding hydrogens is 296 g/mol. The summed E-state index contributed by atoms with van der Waals surface area (Å²) in [5, 5.41) is 1.63. The fraction of sp³-hybridized carbons (Fsp3) is 0.250. The van der Waals surface area contributed by atoms with Crippen LogP contribution in [0.15, 0.2) is 30.3 Å². The largest absolute Gasteiger partial charge is 0.375 e. The van der Waals surface area contributed by atoms with Gasteiger partial charge >= 0.3 is 0 Å². The number of nitrogens with one attached hydrogen (secondary N) is 1. The fourth-order valence-corrected chi connectivity index (χ4v) is 4.01. The van der Waals surface area contributed by atoms with Crippen LogP contribution in [0.5, 0.6) is 0 Å². The molecule has 3 heterocycles. The van der Waals surface area contributed by atoms with Crippen LogP contribution in [0.25, 0.3) is 10.9 Å². The lowest BCUT2D eigenvalue weighted by atomic mass is 10.1. The average molecular weight is 312 g/mol. The Balaban J connectivity index is 1.68. The van der Waals surface area contributed by atoms with Gasteiger partial charge in [-0.2, -0.15) is 0 Å². The van der Waals surface area contributed by atoms with Gasteiger partial charge in [-0.1, -0.05) is 29.5 Å². The molecule has 1 aromatic carbocycles. The second-order valence-electron chi connectivity index (χ2n) is 5.56. The van der Waals surface area contributed by atoms with Gasteiger partial charge in [-0.05, 0) is 19.1 Å². The van der Waals surface area contributed by atoms with Gasteiger partial charge in [-0.25, -0.2) is 4.98 Å². The number of carbonyl (C=O) groups excluding carboxylic acids is 1. The Morgan fingerprint density at radius 3 is 3.09 bits per heavy atom. The smallest absolute Gasteiger partial charge is 0.270 e. The van der Waals surface area contributed by atoms with Crippen LogP contribution in [0.3, 0.4) is 0 Å². The number of fused-ring (bicyclic) bond motifs is 2. The van der Waals surface area contributed by atoms with Crippen molar-refractivity contribution < 1.29 is 4.79 Å². The molecule has 0 bridgehead atoms. The molecular formula is C16H16N4OS. The molecule has 0 saturated heterocycles. The number of nitrogen functional groups attached to an aromatic ring is 1. The summed E-state index contributed by atoms with van der Waals surface area (Å²) in [5.74, 6) is 0.0290. The van der Waals surface area contributed by atoms with Crippen LogP contribution >= 0.6 is 11.3 Å². The second kappa shape index (κ2) is 4.84. The van der Waals surface area contributed by atoms with Gasteiger partial charge in [-0.3, -0.25) is 4.79 Å². The van der Waals surface area contributed by atoms with Crippen LogP contribution in [0, 0.1) is 0 Å². The van der Waals surface area contributed by atoms with Crippen molar-refractivity contribution in [1.29, 1.82) is 0 Å². The summed E-state index contributed by atoms with van der Waals surface area (Å²) in [5.41, 5.74) is 8.46. The highest BCUT2D eigenvalue weighted by atomic mass is 32.1. The first-order valence-corrected chi connectivity index (χ1v) is 8.09. The van der Waals surface area contributed by atoms with Gasteiger partial charge < -0.3 is 15.6 Å². The van der Waals surface area contributed by atoms with Crippen LogP contribution in [0.1, 0.15) is 34.0 Å². The number of hydrogen-bond donors (Lipinski definition) is 2. The van der Waals surface area contributed by atoms with Crippen molar-refractivity contribution in [3.8, 4) is 0 Å². The van der Waals surface area contributed by atoms with E-state index in [2.05, 4.69) is 9.97 Å². The van der Waals surface area contributed by atoms with E-state index in [1.54, 1.807) is 0 Å². The first kappa shape index (κ1) is 13.3. The first-order chi connectivity index (χ1) is 10.6. The fourth-order valence-electron chi connectivity index (χ4n) is 3.07. The summed E-state index contributed by atoms with van der Waals surface area (Å²) in [7, 11) is 0. The number of nitrogens with zero attached hydrogens (tertiary/aromatic N) is 2. The van der Waals surface area contributed by atoms with E-state index in [9.17, 15) is 4.79 Å². The van der Waals surface area contributed by atoms with Gasteiger partial charge in [0.1, 0.15) is 5.69 Å². The Bertz CT molecular complexity index is 833. The zero-order valence-electron chi connectivity index (χ0n) is 12.2. The monoisotopic (exact) mass is 312 g/mol. The number of aromatic nitrogens is 2. The van der Waals surface area contributed by atoms with Crippen LogP contribution in [-0.4, -0.2) is 27.3 Å². The lowest BCUT2D eigenvalue weighted by Crippen LogP contribution is -2.38. The minimum Gasteiger partial charge on any atom is -0.375 e. The highest BCUT2D eigenvalue weighted by molar-refractivity contribution is 7.15. The minimum absolute atomic E-state index is 0.0115. The Morgan fingerprint density at radius 1 is 1.45 bits per heavy atom. The van der Waals surface area contributed by atoms with Crippen LogP contribution < -0.4 is 5.73 Å². The number of amides is 1. The number of carbonyl (C=O) groups is 1. The van der Waals surface area contributed by atoms with Crippen LogP contribution in [-0.2, 0) is 6.42 Å². The molecule has 1 aliphatic heterocycles. The van der Waals surface area contributed by atoms with Crippen LogP contribution in [0.2, 0.25) is 0 Å². The molecule has 22 heavy (non-hydrogen) atoms. The number of benzene rings is 1. The summed E-state index contributed by atoms with van der Waals surface area (Å²) < 4.78 is 0. The lowest BCUT2D eigenvalue weighted by molar-refractivity contribution is 0.0675. The number of thiazole rings is 1. The van der Waals surface area contributed by atoms with Gasteiger partial charge in [-0.15, -0.1) is 0 Å². The SMILES string of the molecule is CC1c2sc(N)nc2CCN1C(=O)c1cc2ccccc2[nH]1. The number of rotatable bonds is 1. The van der Waals surface area contributed by atoms with E-state index in [0.717, 1.165) is 27.9 Å².